The molecule has 1 aliphatic carbocycles. The monoisotopic (exact) mass is 396 g/mol. The van der Waals surface area contributed by atoms with Gasteiger partial charge >= 0.3 is 0 Å². The predicted molar refractivity (Wildman–Crippen MR) is 126 cm³/mol. The average Bonchev–Trinajstić information content (AvgIpc) is 3.10. The van der Waals surface area contributed by atoms with E-state index in [1.54, 1.807) is 11.1 Å². The molecule has 30 heavy (non-hydrogen) atoms. The largest absolute Gasteiger partial charge is 0.371 e. The molecule has 0 spiro atoms. The Morgan fingerprint density at radius 1 is 0.867 bits per heavy atom. The molecule has 2 aliphatic rings. The van der Waals surface area contributed by atoms with Crippen LogP contribution in [0.15, 0.2) is 78.9 Å². The molecule has 2 heteroatoms. The molecule has 1 heterocycles. The Balaban J connectivity index is 1.35. The molecule has 0 aromatic heterocycles. The summed E-state index contributed by atoms with van der Waals surface area (Å²) in [6.07, 6.45) is 3.68. The van der Waals surface area contributed by atoms with Crippen molar-refractivity contribution in [2.75, 3.05) is 24.5 Å². The quantitative estimate of drug-likeness (QED) is 0.470. The molecule has 0 amide bonds. The Kier molecular flexibility index (Phi) is 5.59. The maximum Gasteiger partial charge on any atom is 0.0369 e. The number of nitrogens with zero attached hydrogens (tertiary/aromatic N) is 2. The lowest BCUT2D eigenvalue weighted by molar-refractivity contribution is 0.145. The van der Waals surface area contributed by atoms with E-state index in [0.717, 1.165) is 32.0 Å². The van der Waals surface area contributed by atoms with Gasteiger partial charge in [-0.2, -0.15) is 0 Å². The van der Waals surface area contributed by atoms with Gasteiger partial charge in [0.1, 0.15) is 0 Å². The van der Waals surface area contributed by atoms with Crippen molar-refractivity contribution in [2.24, 2.45) is 0 Å². The van der Waals surface area contributed by atoms with Crippen LogP contribution in [0.25, 0.3) is 0 Å². The van der Waals surface area contributed by atoms with E-state index in [4.69, 9.17) is 0 Å². The van der Waals surface area contributed by atoms with Crippen LogP contribution in [0, 0.1) is 0 Å². The molecule has 2 nitrogen and oxygen atoms in total. The molecular weight excluding hydrogens is 364 g/mol. The van der Waals surface area contributed by atoms with Gasteiger partial charge in [0.15, 0.2) is 0 Å². The predicted octanol–water partition coefficient (Wildman–Crippen LogP) is 6.19. The molecule has 3 aromatic rings. The lowest BCUT2D eigenvalue weighted by atomic mass is 9.95. The Bertz CT molecular complexity index is 966. The number of anilines is 1. The minimum Gasteiger partial charge on any atom is -0.371 e. The summed E-state index contributed by atoms with van der Waals surface area (Å²) < 4.78 is 0. The van der Waals surface area contributed by atoms with E-state index < -0.39 is 0 Å². The van der Waals surface area contributed by atoms with Gasteiger partial charge in [-0.05, 0) is 73.0 Å². The van der Waals surface area contributed by atoms with Crippen LogP contribution in [0.4, 0.5) is 5.69 Å². The summed E-state index contributed by atoms with van der Waals surface area (Å²) in [6.45, 7) is 6.67. The smallest absolute Gasteiger partial charge is 0.0369 e. The fraction of sp³-hybridized carbons (Fsp3) is 0.357. The van der Waals surface area contributed by atoms with Crippen molar-refractivity contribution in [3.8, 4) is 0 Å². The van der Waals surface area contributed by atoms with Gasteiger partial charge in [0, 0.05) is 31.4 Å². The Labute approximate surface area is 181 Å². The molecule has 1 aliphatic heterocycles. The number of likely N-dealkylation sites (tertiary alicyclic amines) is 1. The van der Waals surface area contributed by atoms with E-state index in [2.05, 4.69) is 95.6 Å². The second-order valence-corrected chi connectivity index (χ2v) is 8.82. The number of piperidine rings is 1. The zero-order valence-corrected chi connectivity index (χ0v) is 18.0. The molecule has 1 fully saturated rings. The summed E-state index contributed by atoms with van der Waals surface area (Å²) in [5.41, 5.74) is 7.43. The zero-order valence-electron chi connectivity index (χ0n) is 18.0. The van der Waals surface area contributed by atoms with Gasteiger partial charge in [-0.1, -0.05) is 66.7 Å². The molecule has 5 rings (SSSR count). The number of hydrogen-bond donors (Lipinski definition) is 0. The van der Waals surface area contributed by atoms with Crippen LogP contribution in [0.3, 0.4) is 0 Å². The SMILES string of the molecule is CCN(CCc1ccccc1)c1ccc2c(c1)C1CC2CCN1Cc1ccccc1. The third-order valence-corrected chi connectivity index (χ3v) is 7.07. The molecule has 154 valence electrons. The van der Waals surface area contributed by atoms with E-state index in [9.17, 15) is 0 Å². The van der Waals surface area contributed by atoms with Gasteiger partial charge in [-0.15, -0.1) is 0 Å². The first kappa shape index (κ1) is 19.4. The lowest BCUT2D eigenvalue weighted by Crippen LogP contribution is -2.31. The molecule has 0 N–H and O–H groups in total. The highest BCUT2D eigenvalue weighted by molar-refractivity contribution is 5.55. The maximum absolute atomic E-state index is 2.71. The minimum atomic E-state index is 0.576. The number of likely N-dealkylation sites (N-methyl/N-ethyl adjacent to an activating group) is 1. The van der Waals surface area contributed by atoms with Crippen molar-refractivity contribution >= 4 is 5.69 Å². The summed E-state index contributed by atoms with van der Waals surface area (Å²) >= 11 is 0. The number of fused-ring (bicyclic) bond motifs is 5. The molecule has 2 unspecified atom stereocenters. The topological polar surface area (TPSA) is 6.48 Å². The van der Waals surface area contributed by atoms with Crippen LogP contribution in [0.1, 0.15) is 54.0 Å². The summed E-state index contributed by atoms with van der Waals surface area (Å²) in [6, 6.07) is 29.7. The minimum absolute atomic E-state index is 0.576. The second-order valence-electron chi connectivity index (χ2n) is 8.82. The summed E-state index contributed by atoms with van der Waals surface area (Å²) in [4.78, 5) is 5.25. The summed E-state index contributed by atoms with van der Waals surface area (Å²) in [7, 11) is 0. The van der Waals surface area contributed by atoms with E-state index in [0.29, 0.717) is 6.04 Å². The molecule has 3 aromatic carbocycles. The van der Waals surface area contributed by atoms with E-state index in [1.807, 2.05) is 0 Å². The lowest BCUT2D eigenvalue weighted by Gasteiger charge is -2.34. The fourth-order valence-electron chi connectivity index (χ4n) is 5.42. The van der Waals surface area contributed by atoms with Gasteiger partial charge in [0.2, 0.25) is 0 Å². The highest BCUT2D eigenvalue weighted by atomic mass is 15.2. The molecule has 2 atom stereocenters. The van der Waals surface area contributed by atoms with Crippen LogP contribution < -0.4 is 4.90 Å². The third-order valence-electron chi connectivity index (χ3n) is 7.07. The van der Waals surface area contributed by atoms with Crippen LogP contribution in [0.5, 0.6) is 0 Å². The van der Waals surface area contributed by atoms with Gasteiger partial charge in [-0.25, -0.2) is 0 Å². The van der Waals surface area contributed by atoms with Crippen LogP contribution >= 0.6 is 0 Å². The zero-order chi connectivity index (χ0) is 20.3. The van der Waals surface area contributed by atoms with Crippen molar-refractivity contribution in [1.29, 1.82) is 0 Å². The molecule has 0 radical (unpaired) electrons. The Morgan fingerprint density at radius 3 is 2.33 bits per heavy atom. The van der Waals surface area contributed by atoms with Crippen molar-refractivity contribution in [2.45, 2.75) is 44.7 Å². The van der Waals surface area contributed by atoms with Crippen LogP contribution in [0.2, 0.25) is 0 Å². The van der Waals surface area contributed by atoms with Gasteiger partial charge in [-0.3, -0.25) is 4.90 Å². The third kappa shape index (κ3) is 3.89. The van der Waals surface area contributed by atoms with Crippen molar-refractivity contribution in [1.82, 2.24) is 4.90 Å². The van der Waals surface area contributed by atoms with Gasteiger partial charge < -0.3 is 4.90 Å². The van der Waals surface area contributed by atoms with Crippen LogP contribution in [-0.4, -0.2) is 24.5 Å². The van der Waals surface area contributed by atoms with Crippen molar-refractivity contribution in [3.63, 3.8) is 0 Å². The van der Waals surface area contributed by atoms with E-state index >= 15 is 0 Å². The second kappa shape index (κ2) is 8.65. The molecular formula is C28H32N2. The molecule has 1 saturated heterocycles. The molecule has 0 saturated carbocycles. The highest BCUT2D eigenvalue weighted by Crippen LogP contribution is 2.50. The first-order valence-electron chi connectivity index (χ1n) is 11.5. The number of benzene rings is 3. The average molecular weight is 397 g/mol. The normalized spacial score (nSPS) is 20.2. The van der Waals surface area contributed by atoms with E-state index in [1.165, 1.54) is 36.2 Å². The fourth-order valence-corrected chi connectivity index (χ4v) is 5.42. The van der Waals surface area contributed by atoms with Crippen LogP contribution in [-0.2, 0) is 13.0 Å². The van der Waals surface area contributed by atoms with Crippen molar-refractivity contribution < 1.29 is 0 Å². The number of rotatable bonds is 7. The van der Waals surface area contributed by atoms with E-state index in [-0.39, 0.29) is 0 Å². The maximum atomic E-state index is 2.71. The number of hydrogen-bond acceptors (Lipinski definition) is 2. The standard InChI is InChI=1S/C28H32N2/c1-2-29(17-15-22-9-5-3-6-10-22)25-13-14-26-24-16-18-30(28(19-24)27(26)20-25)21-23-11-7-4-8-12-23/h3-14,20,24,28H,2,15-19,21H2,1H3. The summed E-state index contributed by atoms with van der Waals surface area (Å²) in [5.74, 6) is 0.755. The van der Waals surface area contributed by atoms with Gasteiger partial charge in [0.25, 0.3) is 0 Å². The highest BCUT2D eigenvalue weighted by Gasteiger charge is 2.38. The Morgan fingerprint density at radius 2 is 1.60 bits per heavy atom. The first-order valence-corrected chi connectivity index (χ1v) is 11.5. The molecule has 2 bridgehead atoms. The first-order chi connectivity index (χ1) is 14.8. The Hall–Kier alpha value is -2.58. The van der Waals surface area contributed by atoms with Crippen molar-refractivity contribution in [3.05, 3.63) is 101 Å². The summed E-state index contributed by atoms with van der Waals surface area (Å²) in [5, 5.41) is 0. The van der Waals surface area contributed by atoms with Gasteiger partial charge in [0.05, 0.1) is 0 Å².